The van der Waals surface area contributed by atoms with Crippen LogP contribution in [-0.2, 0) is 19.6 Å². The molecule has 1 aromatic carbocycles. The van der Waals surface area contributed by atoms with Gasteiger partial charge in [-0.1, -0.05) is 0 Å². The predicted octanol–water partition coefficient (Wildman–Crippen LogP) is 1.39. The largest absolute Gasteiger partial charge is 0.366 e. The van der Waals surface area contributed by atoms with E-state index in [2.05, 4.69) is 15.4 Å². The number of amides is 1. The minimum atomic E-state index is -4.24. The van der Waals surface area contributed by atoms with Crippen LogP contribution in [0.15, 0.2) is 17.0 Å². The van der Waals surface area contributed by atoms with Crippen LogP contribution in [0.3, 0.4) is 0 Å². The minimum Gasteiger partial charge on any atom is -0.366 e. The Morgan fingerprint density at radius 3 is 2.46 bits per heavy atom. The molecule has 11 heteroatoms. The summed E-state index contributed by atoms with van der Waals surface area (Å²) in [5, 5.41) is 5.19. The fourth-order valence-corrected chi connectivity index (χ4v) is 3.74. The predicted molar refractivity (Wildman–Crippen MR) is 94.9 cm³/mol. The molecule has 7 nitrogen and oxygen atoms in total. The van der Waals surface area contributed by atoms with Gasteiger partial charge in [0.15, 0.2) is 0 Å². The summed E-state index contributed by atoms with van der Waals surface area (Å²) in [6.07, 6.45) is -0.842. The molecule has 3 N–H and O–H groups in total. The average Bonchev–Trinajstić information content (AvgIpc) is 2.48. The normalized spacial score (nSPS) is 18.1. The van der Waals surface area contributed by atoms with Gasteiger partial charge in [-0.2, -0.15) is 0 Å². The number of anilines is 1. The molecule has 2 rings (SSSR count). The minimum absolute atomic E-state index is 0. The molecule has 26 heavy (non-hydrogen) atoms. The Balaban J connectivity index is 0.00000338. The summed E-state index contributed by atoms with van der Waals surface area (Å²) in [5.74, 6) is -2.98. The first-order valence-electron chi connectivity index (χ1n) is 7.66. The number of rotatable bonds is 4. The molecule has 0 bridgehead atoms. The first kappa shape index (κ1) is 22.7. The van der Waals surface area contributed by atoms with Crippen LogP contribution >= 0.6 is 12.4 Å². The highest BCUT2D eigenvalue weighted by Gasteiger charge is 2.28. The maximum absolute atomic E-state index is 14.0. The van der Waals surface area contributed by atoms with Crippen molar-refractivity contribution in [1.29, 1.82) is 0 Å². The molecule has 1 aliphatic heterocycles. The SMILES string of the molecule is CC(C)(C)NS(=O)(=O)c1cc(NC(=O)C2CNCCO2)c(F)cc1F.Cl. The molecule has 0 radical (unpaired) electrons. The summed E-state index contributed by atoms with van der Waals surface area (Å²) in [5.41, 5.74) is -1.29. The quantitative estimate of drug-likeness (QED) is 0.693. The van der Waals surface area contributed by atoms with Gasteiger partial charge < -0.3 is 15.4 Å². The third-order valence-corrected chi connectivity index (χ3v) is 5.00. The fourth-order valence-electron chi connectivity index (χ4n) is 2.24. The lowest BCUT2D eigenvalue weighted by atomic mass is 10.1. The summed E-state index contributed by atoms with van der Waals surface area (Å²) in [4.78, 5) is 11.3. The maximum Gasteiger partial charge on any atom is 0.254 e. The number of carbonyl (C=O) groups is 1. The number of benzene rings is 1. The lowest BCUT2D eigenvalue weighted by Crippen LogP contribution is -2.45. The summed E-state index contributed by atoms with van der Waals surface area (Å²) < 4.78 is 60.1. The summed E-state index contributed by atoms with van der Waals surface area (Å²) in [7, 11) is -4.24. The zero-order chi connectivity index (χ0) is 18.8. The van der Waals surface area contributed by atoms with Crippen LogP contribution in [0.4, 0.5) is 14.5 Å². The van der Waals surface area contributed by atoms with Gasteiger partial charge in [0.2, 0.25) is 10.0 Å². The van der Waals surface area contributed by atoms with Crippen molar-refractivity contribution >= 4 is 34.0 Å². The first-order valence-corrected chi connectivity index (χ1v) is 9.14. The molecule has 0 aromatic heterocycles. The van der Waals surface area contributed by atoms with E-state index in [0.717, 1.165) is 6.07 Å². The standard InChI is InChI=1S/C15H21F2N3O4S.ClH/c1-15(2,3)20-25(22,23)13-7-11(9(16)6-10(13)17)19-14(21)12-8-18-4-5-24-12;/h6-7,12,18,20H,4-5,8H2,1-3H3,(H,19,21);1H. The van der Waals surface area contributed by atoms with Crippen molar-refractivity contribution in [2.24, 2.45) is 0 Å². The molecule has 1 aliphatic rings. The fraction of sp³-hybridized carbons (Fsp3) is 0.533. The van der Waals surface area contributed by atoms with E-state index in [1.807, 2.05) is 0 Å². The van der Waals surface area contributed by atoms with Crippen LogP contribution in [0.5, 0.6) is 0 Å². The van der Waals surface area contributed by atoms with E-state index in [-0.39, 0.29) is 19.0 Å². The number of carbonyl (C=O) groups excluding carboxylic acids is 1. The molecule has 0 aliphatic carbocycles. The van der Waals surface area contributed by atoms with E-state index in [1.165, 1.54) is 0 Å². The van der Waals surface area contributed by atoms with Crippen LogP contribution in [0.1, 0.15) is 20.8 Å². The summed E-state index contributed by atoms with van der Waals surface area (Å²) >= 11 is 0. The highest BCUT2D eigenvalue weighted by Crippen LogP contribution is 2.24. The third-order valence-electron chi connectivity index (χ3n) is 3.23. The van der Waals surface area contributed by atoms with Gasteiger partial charge >= 0.3 is 0 Å². The van der Waals surface area contributed by atoms with Crippen molar-refractivity contribution in [2.45, 2.75) is 37.3 Å². The van der Waals surface area contributed by atoms with E-state index in [9.17, 15) is 22.0 Å². The maximum atomic E-state index is 14.0. The van der Waals surface area contributed by atoms with Gasteiger partial charge in [0.1, 0.15) is 22.6 Å². The van der Waals surface area contributed by atoms with Crippen LogP contribution in [0.25, 0.3) is 0 Å². The molecule has 1 aromatic rings. The molecule has 0 saturated carbocycles. The van der Waals surface area contributed by atoms with Crippen molar-refractivity contribution in [3.63, 3.8) is 0 Å². The van der Waals surface area contributed by atoms with Gasteiger partial charge in [0.25, 0.3) is 5.91 Å². The van der Waals surface area contributed by atoms with Gasteiger partial charge in [-0.15, -0.1) is 12.4 Å². The Morgan fingerprint density at radius 1 is 1.27 bits per heavy atom. The molecule has 0 spiro atoms. The topological polar surface area (TPSA) is 96.5 Å². The van der Waals surface area contributed by atoms with Crippen LogP contribution in [-0.4, -0.2) is 45.7 Å². The second kappa shape index (κ2) is 8.57. The van der Waals surface area contributed by atoms with Gasteiger partial charge in [0, 0.05) is 24.7 Å². The summed E-state index contributed by atoms with van der Waals surface area (Å²) in [6, 6.07) is 1.18. The van der Waals surface area contributed by atoms with Crippen molar-refractivity contribution in [2.75, 3.05) is 25.0 Å². The van der Waals surface area contributed by atoms with Gasteiger partial charge in [-0.3, -0.25) is 4.79 Å². The zero-order valence-electron chi connectivity index (χ0n) is 14.6. The van der Waals surface area contributed by atoms with E-state index >= 15 is 0 Å². The molecular weight excluding hydrogens is 392 g/mol. The monoisotopic (exact) mass is 413 g/mol. The van der Waals surface area contributed by atoms with Crippen molar-refractivity contribution in [3.8, 4) is 0 Å². The smallest absolute Gasteiger partial charge is 0.254 e. The van der Waals surface area contributed by atoms with Crippen molar-refractivity contribution in [1.82, 2.24) is 10.0 Å². The van der Waals surface area contributed by atoms with Crippen molar-refractivity contribution < 1.29 is 26.7 Å². The van der Waals surface area contributed by atoms with Crippen LogP contribution in [0, 0.1) is 11.6 Å². The van der Waals surface area contributed by atoms with Crippen molar-refractivity contribution in [3.05, 3.63) is 23.8 Å². The van der Waals surface area contributed by atoms with Gasteiger partial charge in [-0.25, -0.2) is 21.9 Å². The third kappa shape index (κ3) is 5.85. The number of ether oxygens (including phenoxy) is 1. The second-order valence-corrected chi connectivity index (χ2v) is 8.32. The number of halogens is 3. The van der Waals surface area contributed by atoms with E-state index < -0.39 is 49.8 Å². The molecule has 1 unspecified atom stereocenters. The Kier molecular flexibility index (Phi) is 7.49. The number of hydrogen-bond acceptors (Lipinski definition) is 5. The van der Waals surface area contributed by atoms with E-state index in [1.54, 1.807) is 20.8 Å². The van der Waals surface area contributed by atoms with Crippen LogP contribution in [0.2, 0.25) is 0 Å². The zero-order valence-corrected chi connectivity index (χ0v) is 16.2. The second-order valence-electron chi connectivity index (χ2n) is 6.67. The Labute approximate surface area is 157 Å². The van der Waals surface area contributed by atoms with E-state index in [0.29, 0.717) is 19.2 Å². The van der Waals surface area contributed by atoms with Gasteiger partial charge in [0.05, 0.1) is 12.3 Å². The Hall–Kier alpha value is -1.33. The molecule has 148 valence electrons. The molecule has 1 saturated heterocycles. The summed E-state index contributed by atoms with van der Waals surface area (Å²) in [6.45, 7) is 5.91. The lowest BCUT2D eigenvalue weighted by Gasteiger charge is -2.23. The number of sulfonamides is 1. The van der Waals surface area contributed by atoms with Gasteiger partial charge in [-0.05, 0) is 26.8 Å². The number of morpholine rings is 1. The highest BCUT2D eigenvalue weighted by atomic mass is 35.5. The average molecular weight is 414 g/mol. The Bertz CT molecular complexity index is 763. The molecule has 1 heterocycles. The Morgan fingerprint density at radius 2 is 1.92 bits per heavy atom. The number of hydrogen-bond donors (Lipinski definition) is 3. The highest BCUT2D eigenvalue weighted by molar-refractivity contribution is 7.89. The molecule has 1 amide bonds. The van der Waals surface area contributed by atoms with Crippen LogP contribution < -0.4 is 15.4 Å². The number of nitrogens with one attached hydrogen (secondary N) is 3. The molecule has 1 atom stereocenters. The molecule has 1 fully saturated rings. The van der Waals surface area contributed by atoms with E-state index in [4.69, 9.17) is 4.74 Å². The first-order chi connectivity index (χ1) is 11.5. The molecular formula is C15H22ClF2N3O4S. The lowest BCUT2D eigenvalue weighted by molar-refractivity contribution is -0.128.